The second kappa shape index (κ2) is 11.1. The van der Waals surface area contributed by atoms with Crippen molar-refractivity contribution in [2.24, 2.45) is 0 Å². The average Bonchev–Trinajstić information content (AvgIpc) is 3.01. The fourth-order valence-electron chi connectivity index (χ4n) is 2.86. The van der Waals surface area contributed by atoms with Crippen LogP contribution in [0.5, 0.6) is 23.0 Å². The van der Waals surface area contributed by atoms with E-state index in [0.717, 1.165) is 5.56 Å². The molecule has 3 rings (SSSR count). The SMILES string of the molecule is CCOc1cc(C=C2SC(=S)N(C)C2=O)ccc1OCCCOc1ccccc1OC. The summed E-state index contributed by atoms with van der Waals surface area (Å²) < 4.78 is 23.3. The topological polar surface area (TPSA) is 57.2 Å². The van der Waals surface area contributed by atoms with Gasteiger partial charge in [0, 0.05) is 13.5 Å². The molecule has 0 unspecified atom stereocenters. The van der Waals surface area contributed by atoms with Crippen molar-refractivity contribution >= 4 is 40.3 Å². The van der Waals surface area contributed by atoms with Crippen LogP contribution >= 0.6 is 24.0 Å². The molecule has 1 saturated heterocycles. The first-order chi connectivity index (χ1) is 15.0. The number of likely N-dealkylation sites (N-methyl/N-ethyl adjacent to an activating group) is 1. The summed E-state index contributed by atoms with van der Waals surface area (Å²) >= 11 is 6.47. The number of nitrogens with zero attached hydrogens (tertiary/aromatic N) is 1. The second-order valence-electron chi connectivity index (χ2n) is 6.58. The van der Waals surface area contributed by atoms with Crippen LogP contribution in [0.2, 0.25) is 0 Å². The van der Waals surface area contributed by atoms with Gasteiger partial charge in [0.2, 0.25) is 0 Å². The van der Waals surface area contributed by atoms with Crippen molar-refractivity contribution in [3.05, 3.63) is 52.9 Å². The third-order valence-corrected chi connectivity index (χ3v) is 5.91. The van der Waals surface area contributed by atoms with Gasteiger partial charge in [-0.15, -0.1) is 0 Å². The van der Waals surface area contributed by atoms with E-state index in [9.17, 15) is 4.79 Å². The standard InChI is InChI=1S/C23H25NO5S2/c1-4-27-20-14-16(15-21-22(25)24(2)23(30)31-21)10-11-19(20)29-13-7-12-28-18-9-6-5-8-17(18)26-3/h5-6,8-11,14-15H,4,7,12-13H2,1-3H3. The first-order valence-corrected chi connectivity index (χ1v) is 11.1. The summed E-state index contributed by atoms with van der Waals surface area (Å²) in [6, 6.07) is 13.2. The molecule has 31 heavy (non-hydrogen) atoms. The highest BCUT2D eigenvalue weighted by Gasteiger charge is 2.28. The Bertz CT molecular complexity index is 976. The number of amides is 1. The molecule has 0 atom stereocenters. The Kier molecular flexibility index (Phi) is 8.20. The summed E-state index contributed by atoms with van der Waals surface area (Å²) in [5.41, 5.74) is 0.851. The lowest BCUT2D eigenvalue weighted by atomic mass is 10.2. The molecule has 1 heterocycles. The van der Waals surface area contributed by atoms with Crippen LogP contribution in [0.1, 0.15) is 18.9 Å². The van der Waals surface area contributed by atoms with Crippen LogP contribution in [-0.2, 0) is 4.79 Å². The second-order valence-corrected chi connectivity index (χ2v) is 8.26. The Balaban J connectivity index is 1.58. The summed E-state index contributed by atoms with van der Waals surface area (Å²) in [5, 5.41) is 0. The number of ether oxygens (including phenoxy) is 4. The number of hydrogen-bond donors (Lipinski definition) is 0. The van der Waals surface area contributed by atoms with Crippen molar-refractivity contribution in [2.75, 3.05) is 34.0 Å². The third-order valence-electron chi connectivity index (χ3n) is 4.42. The van der Waals surface area contributed by atoms with Crippen molar-refractivity contribution in [2.45, 2.75) is 13.3 Å². The molecule has 0 aromatic heterocycles. The van der Waals surface area contributed by atoms with Crippen molar-refractivity contribution < 1.29 is 23.7 Å². The molecule has 164 valence electrons. The van der Waals surface area contributed by atoms with Crippen LogP contribution in [0.25, 0.3) is 6.08 Å². The molecule has 2 aromatic carbocycles. The molecule has 1 fully saturated rings. The molecule has 2 aromatic rings. The maximum absolute atomic E-state index is 12.2. The lowest BCUT2D eigenvalue weighted by Crippen LogP contribution is -2.22. The van der Waals surface area contributed by atoms with E-state index in [1.54, 1.807) is 14.2 Å². The number of para-hydroxylation sites is 2. The van der Waals surface area contributed by atoms with E-state index in [0.29, 0.717) is 58.5 Å². The van der Waals surface area contributed by atoms with Crippen LogP contribution in [0, 0.1) is 0 Å². The molecule has 8 heteroatoms. The van der Waals surface area contributed by atoms with Crippen LogP contribution in [0.4, 0.5) is 0 Å². The summed E-state index contributed by atoms with van der Waals surface area (Å²) in [4.78, 5) is 14.3. The highest BCUT2D eigenvalue weighted by molar-refractivity contribution is 8.26. The van der Waals surface area contributed by atoms with Gasteiger partial charge < -0.3 is 18.9 Å². The van der Waals surface area contributed by atoms with Gasteiger partial charge in [-0.25, -0.2) is 0 Å². The Labute approximate surface area is 192 Å². The lowest BCUT2D eigenvalue weighted by Gasteiger charge is -2.13. The maximum Gasteiger partial charge on any atom is 0.265 e. The van der Waals surface area contributed by atoms with Gasteiger partial charge in [-0.1, -0.05) is 42.2 Å². The first-order valence-electron chi connectivity index (χ1n) is 9.90. The Morgan fingerprint density at radius 3 is 2.29 bits per heavy atom. The molecule has 0 bridgehead atoms. The number of carbonyl (C=O) groups excluding carboxylic acids is 1. The smallest absolute Gasteiger partial charge is 0.265 e. The molecule has 1 aliphatic rings. The number of rotatable bonds is 10. The number of benzene rings is 2. The zero-order valence-corrected chi connectivity index (χ0v) is 19.4. The van der Waals surface area contributed by atoms with Gasteiger partial charge in [-0.3, -0.25) is 9.69 Å². The van der Waals surface area contributed by atoms with E-state index >= 15 is 0 Å². The monoisotopic (exact) mass is 459 g/mol. The minimum Gasteiger partial charge on any atom is -0.493 e. The number of carbonyl (C=O) groups is 1. The van der Waals surface area contributed by atoms with E-state index in [2.05, 4.69) is 0 Å². The molecule has 1 aliphatic heterocycles. The van der Waals surface area contributed by atoms with E-state index in [1.807, 2.05) is 55.5 Å². The molecule has 1 amide bonds. The first kappa shape index (κ1) is 23.0. The van der Waals surface area contributed by atoms with Crippen molar-refractivity contribution in [1.29, 1.82) is 0 Å². The number of methoxy groups -OCH3 is 1. The summed E-state index contributed by atoms with van der Waals surface area (Å²) in [5.74, 6) is 2.61. The quantitative estimate of drug-likeness (QED) is 0.288. The number of thiocarbonyl (C=S) groups is 1. The normalized spacial score (nSPS) is 14.8. The van der Waals surface area contributed by atoms with Crippen LogP contribution in [0.15, 0.2) is 47.4 Å². The van der Waals surface area contributed by atoms with Gasteiger partial charge in [0.1, 0.15) is 4.32 Å². The van der Waals surface area contributed by atoms with E-state index in [1.165, 1.54) is 16.7 Å². The van der Waals surface area contributed by atoms with Crippen molar-refractivity contribution in [3.63, 3.8) is 0 Å². The lowest BCUT2D eigenvalue weighted by molar-refractivity contribution is -0.121. The summed E-state index contributed by atoms with van der Waals surface area (Å²) in [6.07, 6.45) is 2.51. The van der Waals surface area contributed by atoms with E-state index in [-0.39, 0.29) is 5.91 Å². The molecule has 0 radical (unpaired) electrons. The summed E-state index contributed by atoms with van der Waals surface area (Å²) in [6.45, 7) is 3.40. The van der Waals surface area contributed by atoms with Gasteiger partial charge in [-0.2, -0.15) is 0 Å². The fraction of sp³-hybridized carbons (Fsp3) is 0.304. The third kappa shape index (κ3) is 5.92. The predicted molar refractivity (Wildman–Crippen MR) is 127 cm³/mol. The average molecular weight is 460 g/mol. The maximum atomic E-state index is 12.2. The van der Waals surface area contributed by atoms with Crippen molar-refractivity contribution in [3.8, 4) is 23.0 Å². The molecular weight excluding hydrogens is 434 g/mol. The molecule has 0 saturated carbocycles. The van der Waals surface area contributed by atoms with Gasteiger partial charge in [0.15, 0.2) is 23.0 Å². The Morgan fingerprint density at radius 1 is 1.00 bits per heavy atom. The largest absolute Gasteiger partial charge is 0.493 e. The molecular formula is C23H25NO5S2. The van der Waals surface area contributed by atoms with Gasteiger partial charge in [-0.05, 0) is 42.8 Å². The molecule has 0 aliphatic carbocycles. The van der Waals surface area contributed by atoms with Gasteiger partial charge in [0.25, 0.3) is 5.91 Å². The highest BCUT2D eigenvalue weighted by Crippen LogP contribution is 2.34. The zero-order chi connectivity index (χ0) is 22.2. The fourth-order valence-corrected chi connectivity index (χ4v) is 4.04. The minimum absolute atomic E-state index is 0.0941. The Morgan fingerprint density at radius 2 is 1.68 bits per heavy atom. The molecule has 6 nitrogen and oxygen atoms in total. The number of thioether (sulfide) groups is 1. The zero-order valence-electron chi connectivity index (χ0n) is 17.8. The van der Waals surface area contributed by atoms with Gasteiger partial charge >= 0.3 is 0 Å². The minimum atomic E-state index is -0.0941. The van der Waals surface area contributed by atoms with Gasteiger partial charge in [0.05, 0.1) is 31.8 Å². The van der Waals surface area contributed by atoms with Crippen LogP contribution in [-0.4, -0.2) is 49.1 Å². The Hall–Kier alpha value is -2.71. The highest BCUT2D eigenvalue weighted by atomic mass is 32.2. The van der Waals surface area contributed by atoms with Crippen molar-refractivity contribution in [1.82, 2.24) is 4.90 Å². The van der Waals surface area contributed by atoms with Crippen LogP contribution < -0.4 is 18.9 Å². The van der Waals surface area contributed by atoms with E-state index in [4.69, 9.17) is 31.2 Å². The molecule has 0 N–H and O–H groups in total. The number of hydrogen-bond acceptors (Lipinski definition) is 7. The predicted octanol–water partition coefficient (Wildman–Crippen LogP) is 4.77. The summed E-state index contributed by atoms with van der Waals surface area (Å²) in [7, 11) is 3.30. The van der Waals surface area contributed by atoms with E-state index < -0.39 is 0 Å². The van der Waals surface area contributed by atoms with Crippen LogP contribution in [0.3, 0.4) is 0 Å². The molecule has 0 spiro atoms.